The molecule has 2 aromatic rings. The summed E-state index contributed by atoms with van der Waals surface area (Å²) in [5.74, 6) is -2.04. The molecule has 1 aromatic heterocycles. The van der Waals surface area contributed by atoms with Crippen LogP contribution in [0.1, 0.15) is 6.42 Å². The molecule has 1 aliphatic rings. The molecule has 8 nitrogen and oxygen atoms in total. The fourth-order valence-electron chi connectivity index (χ4n) is 2.19. The van der Waals surface area contributed by atoms with Crippen LogP contribution in [-0.4, -0.2) is 33.4 Å². The molecule has 9 heteroatoms. The molecule has 1 saturated heterocycles. The van der Waals surface area contributed by atoms with Crippen molar-refractivity contribution in [2.24, 2.45) is 5.92 Å². The van der Waals surface area contributed by atoms with E-state index in [2.05, 4.69) is 4.98 Å². The van der Waals surface area contributed by atoms with Crippen LogP contribution in [0.4, 0.5) is 10.8 Å². The highest BCUT2D eigenvalue weighted by Gasteiger charge is 2.36. The number of nitro benzene ring substituents is 1. The largest absolute Gasteiger partial charge is 0.481 e. The number of carboxylic acid groups (broad SMARTS) is 1. The van der Waals surface area contributed by atoms with Gasteiger partial charge in [0.2, 0.25) is 5.91 Å². The molecule has 0 radical (unpaired) electrons. The predicted molar refractivity (Wildman–Crippen MR) is 74.4 cm³/mol. The zero-order chi connectivity index (χ0) is 15.1. The highest BCUT2D eigenvalue weighted by molar-refractivity contribution is 7.22. The van der Waals surface area contributed by atoms with E-state index in [1.165, 1.54) is 23.1 Å². The molecule has 0 bridgehead atoms. The minimum Gasteiger partial charge on any atom is -0.481 e. The van der Waals surface area contributed by atoms with Crippen LogP contribution < -0.4 is 4.90 Å². The van der Waals surface area contributed by atoms with Gasteiger partial charge in [-0.2, -0.15) is 0 Å². The Morgan fingerprint density at radius 3 is 2.90 bits per heavy atom. The lowest BCUT2D eigenvalue weighted by molar-refractivity contribution is -0.384. The summed E-state index contributed by atoms with van der Waals surface area (Å²) in [4.78, 5) is 38.6. The second kappa shape index (κ2) is 4.77. The second-order valence-electron chi connectivity index (χ2n) is 4.65. The Morgan fingerprint density at radius 2 is 2.29 bits per heavy atom. The van der Waals surface area contributed by atoms with Gasteiger partial charge >= 0.3 is 5.97 Å². The van der Waals surface area contributed by atoms with Crippen molar-refractivity contribution in [1.82, 2.24) is 4.98 Å². The van der Waals surface area contributed by atoms with Crippen LogP contribution in [0.25, 0.3) is 10.2 Å². The molecule has 1 atom stereocenters. The number of carboxylic acids is 1. The van der Waals surface area contributed by atoms with Crippen LogP contribution >= 0.6 is 11.3 Å². The molecule has 0 aliphatic carbocycles. The number of nitro groups is 1. The standard InChI is InChI=1S/C12H9N3O5S/c16-10-3-6(11(17)18)5-14(10)12-13-8-2-1-7(15(19)20)4-9(8)21-12/h1-2,4,6H,3,5H2,(H,17,18)/t6-/m0/s1. The smallest absolute Gasteiger partial charge is 0.308 e. The molecule has 1 fully saturated rings. The molecule has 108 valence electrons. The van der Waals surface area contributed by atoms with Crippen molar-refractivity contribution in [3.8, 4) is 0 Å². The Morgan fingerprint density at radius 1 is 1.52 bits per heavy atom. The lowest BCUT2D eigenvalue weighted by Crippen LogP contribution is -2.25. The van der Waals surface area contributed by atoms with Crippen molar-refractivity contribution >= 4 is 44.2 Å². The molecule has 3 rings (SSSR count). The van der Waals surface area contributed by atoms with Gasteiger partial charge in [0.25, 0.3) is 5.69 Å². The van der Waals surface area contributed by atoms with Crippen LogP contribution in [0, 0.1) is 16.0 Å². The molecule has 0 unspecified atom stereocenters. The third-order valence-electron chi connectivity index (χ3n) is 3.28. The van der Waals surface area contributed by atoms with Crippen LogP contribution in [0.3, 0.4) is 0 Å². The number of nitrogens with zero attached hydrogens (tertiary/aromatic N) is 3. The van der Waals surface area contributed by atoms with Crippen LogP contribution in [0.15, 0.2) is 18.2 Å². The summed E-state index contributed by atoms with van der Waals surface area (Å²) < 4.78 is 0.589. The van der Waals surface area contributed by atoms with E-state index in [-0.39, 0.29) is 24.6 Å². The highest BCUT2D eigenvalue weighted by Crippen LogP contribution is 2.34. The van der Waals surface area contributed by atoms with Crippen molar-refractivity contribution in [3.63, 3.8) is 0 Å². The van der Waals surface area contributed by atoms with Gasteiger partial charge in [-0.05, 0) is 6.07 Å². The van der Waals surface area contributed by atoms with Gasteiger partial charge in [-0.15, -0.1) is 0 Å². The van der Waals surface area contributed by atoms with Gasteiger partial charge in [-0.3, -0.25) is 24.6 Å². The van der Waals surface area contributed by atoms with Gasteiger partial charge in [-0.25, -0.2) is 4.98 Å². The van der Waals surface area contributed by atoms with Crippen molar-refractivity contribution in [1.29, 1.82) is 0 Å². The van der Waals surface area contributed by atoms with Gasteiger partial charge in [0.1, 0.15) is 0 Å². The van der Waals surface area contributed by atoms with Crippen molar-refractivity contribution < 1.29 is 19.6 Å². The number of fused-ring (bicyclic) bond motifs is 1. The summed E-state index contributed by atoms with van der Waals surface area (Å²) in [5, 5.41) is 20.1. The first-order valence-electron chi connectivity index (χ1n) is 6.04. The molecular formula is C12H9N3O5S. The number of aromatic nitrogens is 1. The number of carbonyl (C=O) groups excluding carboxylic acids is 1. The van der Waals surface area contributed by atoms with E-state index in [0.29, 0.717) is 15.3 Å². The topological polar surface area (TPSA) is 114 Å². The molecule has 21 heavy (non-hydrogen) atoms. The fourth-order valence-corrected chi connectivity index (χ4v) is 3.21. The lowest BCUT2D eigenvalue weighted by atomic mass is 10.1. The number of hydrogen-bond donors (Lipinski definition) is 1. The van der Waals surface area contributed by atoms with Crippen LogP contribution in [-0.2, 0) is 9.59 Å². The first-order chi connectivity index (χ1) is 9.95. The Kier molecular flexibility index (Phi) is 3.05. The van der Waals surface area contributed by atoms with Gasteiger partial charge in [0.05, 0.1) is 21.1 Å². The van der Waals surface area contributed by atoms with E-state index < -0.39 is 16.8 Å². The average Bonchev–Trinajstić information content (AvgIpc) is 3.00. The van der Waals surface area contributed by atoms with E-state index in [1.807, 2.05) is 0 Å². The van der Waals surface area contributed by atoms with Crippen LogP contribution in [0.2, 0.25) is 0 Å². The van der Waals surface area contributed by atoms with Crippen molar-refractivity contribution in [2.45, 2.75) is 6.42 Å². The van der Waals surface area contributed by atoms with E-state index in [0.717, 1.165) is 11.3 Å². The maximum Gasteiger partial charge on any atom is 0.308 e. The maximum absolute atomic E-state index is 11.9. The summed E-state index contributed by atoms with van der Waals surface area (Å²) >= 11 is 1.14. The third kappa shape index (κ3) is 2.31. The van der Waals surface area contributed by atoms with Gasteiger partial charge in [-0.1, -0.05) is 11.3 Å². The SMILES string of the molecule is O=C(O)[C@H]1CC(=O)N(c2nc3ccc([N+](=O)[O-])cc3s2)C1. The Hall–Kier alpha value is -2.55. The maximum atomic E-state index is 11.9. The first kappa shape index (κ1) is 13.4. The van der Waals surface area contributed by atoms with E-state index >= 15 is 0 Å². The van der Waals surface area contributed by atoms with E-state index in [9.17, 15) is 19.7 Å². The van der Waals surface area contributed by atoms with Gasteiger partial charge in [0, 0.05) is 25.1 Å². The van der Waals surface area contributed by atoms with E-state index in [1.54, 1.807) is 0 Å². The Bertz CT molecular complexity index is 771. The number of hydrogen-bond acceptors (Lipinski definition) is 6. The normalized spacial score (nSPS) is 18.4. The number of aliphatic carboxylic acids is 1. The lowest BCUT2D eigenvalue weighted by Gasteiger charge is -2.10. The highest BCUT2D eigenvalue weighted by atomic mass is 32.1. The second-order valence-corrected chi connectivity index (χ2v) is 5.66. The van der Waals surface area contributed by atoms with E-state index in [4.69, 9.17) is 5.11 Å². The predicted octanol–water partition coefficient (Wildman–Crippen LogP) is 1.64. The number of thiazole rings is 1. The summed E-state index contributed by atoms with van der Waals surface area (Å²) in [6, 6.07) is 4.26. The molecular weight excluding hydrogens is 298 g/mol. The minimum absolute atomic E-state index is 0.0474. The van der Waals surface area contributed by atoms with Crippen molar-refractivity contribution in [3.05, 3.63) is 28.3 Å². The Labute approximate surface area is 121 Å². The monoisotopic (exact) mass is 307 g/mol. The number of non-ortho nitro benzene ring substituents is 1. The number of anilines is 1. The summed E-state index contributed by atoms with van der Waals surface area (Å²) in [7, 11) is 0. The number of rotatable bonds is 3. The molecule has 0 saturated carbocycles. The summed E-state index contributed by atoms with van der Waals surface area (Å²) in [6.45, 7) is 0.0794. The van der Waals surface area contributed by atoms with Gasteiger partial charge in [0.15, 0.2) is 5.13 Å². The zero-order valence-corrected chi connectivity index (χ0v) is 11.4. The molecule has 1 aliphatic heterocycles. The number of amides is 1. The fraction of sp³-hybridized carbons (Fsp3) is 0.250. The molecule has 0 spiro atoms. The third-order valence-corrected chi connectivity index (χ3v) is 4.32. The molecule has 2 heterocycles. The summed E-state index contributed by atoms with van der Waals surface area (Å²) in [5.41, 5.74) is 0.501. The minimum atomic E-state index is -1.01. The Balaban J connectivity index is 1.96. The van der Waals surface area contributed by atoms with Crippen molar-refractivity contribution in [2.75, 3.05) is 11.4 Å². The number of carbonyl (C=O) groups is 2. The quantitative estimate of drug-likeness (QED) is 0.681. The first-order valence-corrected chi connectivity index (χ1v) is 6.85. The number of benzene rings is 1. The molecule has 1 amide bonds. The zero-order valence-electron chi connectivity index (χ0n) is 10.6. The molecule has 1 N–H and O–H groups in total. The summed E-state index contributed by atoms with van der Waals surface area (Å²) in [6.07, 6.45) is -0.0502. The average molecular weight is 307 g/mol. The van der Waals surface area contributed by atoms with Crippen LogP contribution in [0.5, 0.6) is 0 Å². The van der Waals surface area contributed by atoms with Gasteiger partial charge < -0.3 is 5.11 Å². The molecule has 1 aromatic carbocycles.